The Kier molecular flexibility index (Phi) is 1.92. The van der Waals surface area contributed by atoms with Crippen molar-refractivity contribution in [1.82, 2.24) is 4.98 Å². The van der Waals surface area contributed by atoms with Crippen LogP contribution in [-0.2, 0) is 12.0 Å². The molecule has 1 heterocycles. The number of nitrogens with zero attached hydrogens (tertiary/aromatic N) is 1. The highest BCUT2D eigenvalue weighted by Gasteiger charge is 2.42. The topological polar surface area (TPSA) is 38.9 Å². The standard InChI is InChI=1S/C11H16N2S/c12-11(4-5-11)9-7-14-10(13-9)6-8-2-1-3-8/h7-8H,1-6,12H2. The summed E-state index contributed by atoms with van der Waals surface area (Å²) in [5.41, 5.74) is 7.22. The van der Waals surface area contributed by atoms with Gasteiger partial charge >= 0.3 is 0 Å². The van der Waals surface area contributed by atoms with Gasteiger partial charge in [-0.05, 0) is 18.8 Å². The van der Waals surface area contributed by atoms with Crippen molar-refractivity contribution in [3.8, 4) is 0 Å². The van der Waals surface area contributed by atoms with E-state index in [0.717, 1.165) is 24.5 Å². The van der Waals surface area contributed by atoms with E-state index in [0.29, 0.717) is 0 Å². The molecule has 2 N–H and O–H groups in total. The van der Waals surface area contributed by atoms with E-state index >= 15 is 0 Å². The summed E-state index contributed by atoms with van der Waals surface area (Å²) in [7, 11) is 0. The summed E-state index contributed by atoms with van der Waals surface area (Å²) in [5.74, 6) is 0.918. The number of aromatic nitrogens is 1. The van der Waals surface area contributed by atoms with E-state index in [9.17, 15) is 0 Å². The molecule has 0 radical (unpaired) electrons. The molecule has 0 aromatic carbocycles. The zero-order chi connectivity index (χ0) is 9.60. The van der Waals surface area contributed by atoms with Gasteiger partial charge in [-0.15, -0.1) is 11.3 Å². The number of hydrogen-bond donors (Lipinski definition) is 1. The van der Waals surface area contributed by atoms with E-state index in [-0.39, 0.29) is 5.54 Å². The summed E-state index contributed by atoms with van der Waals surface area (Å²) in [6.45, 7) is 0. The maximum Gasteiger partial charge on any atom is 0.0931 e. The first-order valence-corrected chi connectivity index (χ1v) is 6.38. The van der Waals surface area contributed by atoms with Crippen LogP contribution in [0.3, 0.4) is 0 Å². The van der Waals surface area contributed by atoms with Crippen LogP contribution in [0.4, 0.5) is 0 Å². The lowest BCUT2D eigenvalue weighted by molar-refractivity contribution is 0.314. The molecule has 2 aliphatic carbocycles. The second-order valence-corrected chi connectivity index (χ2v) is 5.73. The zero-order valence-corrected chi connectivity index (χ0v) is 9.15. The molecule has 2 saturated carbocycles. The van der Waals surface area contributed by atoms with E-state index in [1.54, 1.807) is 11.3 Å². The first kappa shape index (κ1) is 8.86. The van der Waals surface area contributed by atoms with Crippen molar-refractivity contribution >= 4 is 11.3 Å². The molecule has 2 aliphatic rings. The molecule has 1 aromatic heterocycles. The van der Waals surface area contributed by atoms with Gasteiger partial charge in [0.05, 0.1) is 16.2 Å². The molecule has 2 fully saturated rings. The van der Waals surface area contributed by atoms with Crippen molar-refractivity contribution in [1.29, 1.82) is 0 Å². The van der Waals surface area contributed by atoms with E-state index in [4.69, 9.17) is 5.73 Å². The van der Waals surface area contributed by atoms with Gasteiger partial charge in [-0.3, -0.25) is 0 Å². The predicted molar refractivity (Wildman–Crippen MR) is 58.3 cm³/mol. The first-order valence-electron chi connectivity index (χ1n) is 5.50. The molecule has 76 valence electrons. The maximum absolute atomic E-state index is 6.10. The van der Waals surface area contributed by atoms with E-state index < -0.39 is 0 Å². The van der Waals surface area contributed by atoms with Crippen LogP contribution in [0.15, 0.2) is 5.38 Å². The third-order valence-corrected chi connectivity index (χ3v) is 4.41. The quantitative estimate of drug-likeness (QED) is 0.828. The Morgan fingerprint density at radius 1 is 1.50 bits per heavy atom. The summed E-state index contributed by atoms with van der Waals surface area (Å²) >= 11 is 1.80. The third-order valence-electron chi connectivity index (χ3n) is 3.54. The highest BCUT2D eigenvalue weighted by molar-refractivity contribution is 7.09. The van der Waals surface area contributed by atoms with Crippen LogP contribution >= 0.6 is 11.3 Å². The SMILES string of the molecule is NC1(c2csc(CC3CCC3)n2)CC1. The fourth-order valence-corrected chi connectivity index (χ4v) is 2.99. The van der Waals surface area contributed by atoms with Crippen molar-refractivity contribution in [2.45, 2.75) is 44.1 Å². The molecule has 0 atom stereocenters. The predicted octanol–water partition coefficient (Wildman–Crippen LogP) is 2.43. The lowest BCUT2D eigenvalue weighted by Crippen LogP contribution is -2.19. The minimum absolute atomic E-state index is 0.0334. The molecule has 0 amide bonds. The summed E-state index contributed by atoms with van der Waals surface area (Å²) in [6.07, 6.45) is 7.68. The monoisotopic (exact) mass is 208 g/mol. The van der Waals surface area contributed by atoms with E-state index in [2.05, 4.69) is 10.4 Å². The summed E-state index contributed by atoms with van der Waals surface area (Å²) in [6, 6.07) is 0. The molecular formula is C11H16N2S. The molecule has 3 heteroatoms. The zero-order valence-electron chi connectivity index (χ0n) is 8.33. The third kappa shape index (κ3) is 1.48. The van der Waals surface area contributed by atoms with Crippen LogP contribution in [0, 0.1) is 5.92 Å². The Morgan fingerprint density at radius 2 is 2.29 bits per heavy atom. The molecule has 0 bridgehead atoms. The summed E-state index contributed by atoms with van der Waals surface area (Å²) < 4.78 is 0. The highest BCUT2D eigenvalue weighted by Crippen LogP contribution is 2.43. The Hall–Kier alpha value is -0.410. The van der Waals surface area contributed by atoms with Crippen molar-refractivity contribution in [2.24, 2.45) is 11.7 Å². The number of rotatable bonds is 3. The van der Waals surface area contributed by atoms with Crippen molar-refractivity contribution in [3.05, 3.63) is 16.1 Å². The van der Waals surface area contributed by atoms with Gasteiger partial charge in [0.25, 0.3) is 0 Å². The molecule has 0 spiro atoms. The van der Waals surface area contributed by atoms with Gasteiger partial charge in [0.1, 0.15) is 0 Å². The van der Waals surface area contributed by atoms with Gasteiger partial charge in [-0.2, -0.15) is 0 Å². The molecule has 0 unspecified atom stereocenters. The Bertz CT molecular complexity index is 337. The van der Waals surface area contributed by atoms with Gasteiger partial charge < -0.3 is 5.73 Å². The molecule has 1 aromatic rings. The van der Waals surface area contributed by atoms with Crippen molar-refractivity contribution < 1.29 is 0 Å². The van der Waals surface area contributed by atoms with Gasteiger partial charge in [0, 0.05) is 11.8 Å². The lowest BCUT2D eigenvalue weighted by atomic mass is 9.83. The van der Waals surface area contributed by atoms with Crippen LogP contribution < -0.4 is 5.73 Å². The van der Waals surface area contributed by atoms with Crippen LogP contribution in [-0.4, -0.2) is 4.98 Å². The van der Waals surface area contributed by atoms with Crippen LogP contribution in [0.1, 0.15) is 42.8 Å². The smallest absolute Gasteiger partial charge is 0.0931 e. The molecule has 3 rings (SSSR count). The molecule has 0 saturated heterocycles. The minimum atomic E-state index is -0.0334. The van der Waals surface area contributed by atoms with Gasteiger partial charge in [-0.1, -0.05) is 19.3 Å². The Labute approximate surface area is 88.5 Å². The van der Waals surface area contributed by atoms with E-state index in [1.165, 1.54) is 30.7 Å². The van der Waals surface area contributed by atoms with Crippen molar-refractivity contribution in [2.75, 3.05) is 0 Å². The first-order chi connectivity index (χ1) is 6.76. The van der Waals surface area contributed by atoms with Crippen LogP contribution in [0.5, 0.6) is 0 Å². The van der Waals surface area contributed by atoms with Crippen LogP contribution in [0.25, 0.3) is 0 Å². The average molecular weight is 208 g/mol. The Balaban J connectivity index is 1.70. The van der Waals surface area contributed by atoms with Crippen LogP contribution in [0.2, 0.25) is 0 Å². The normalized spacial score (nSPS) is 24.6. The Morgan fingerprint density at radius 3 is 2.86 bits per heavy atom. The molecule has 0 aliphatic heterocycles. The van der Waals surface area contributed by atoms with Gasteiger partial charge in [-0.25, -0.2) is 4.98 Å². The lowest BCUT2D eigenvalue weighted by Gasteiger charge is -2.23. The van der Waals surface area contributed by atoms with Crippen molar-refractivity contribution in [3.63, 3.8) is 0 Å². The fraction of sp³-hybridized carbons (Fsp3) is 0.727. The van der Waals surface area contributed by atoms with E-state index in [1.807, 2.05) is 0 Å². The number of thiazole rings is 1. The largest absolute Gasteiger partial charge is 0.320 e. The second kappa shape index (κ2) is 3.04. The summed E-state index contributed by atoms with van der Waals surface area (Å²) in [4.78, 5) is 4.66. The number of nitrogens with two attached hydrogens (primary N) is 1. The fourth-order valence-electron chi connectivity index (χ4n) is 1.97. The molecular weight excluding hydrogens is 192 g/mol. The average Bonchev–Trinajstić information content (AvgIpc) is 2.68. The molecule has 2 nitrogen and oxygen atoms in total. The van der Waals surface area contributed by atoms with Gasteiger partial charge in [0.15, 0.2) is 0 Å². The highest BCUT2D eigenvalue weighted by atomic mass is 32.1. The summed E-state index contributed by atoms with van der Waals surface area (Å²) in [5, 5.41) is 3.47. The minimum Gasteiger partial charge on any atom is -0.320 e. The molecule has 14 heavy (non-hydrogen) atoms. The maximum atomic E-state index is 6.10. The number of hydrogen-bond acceptors (Lipinski definition) is 3. The van der Waals surface area contributed by atoms with Gasteiger partial charge in [0.2, 0.25) is 0 Å². The second-order valence-electron chi connectivity index (χ2n) is 4.78.